The molecule has 0 spiro atoms. The molecule has 0 atom stereocenters. The zero-order valence-electron chi connectivity index (χ0n) is 17.5. The number of para-hydroxylation sites is 1. The van der Waals surface area contributed by atoms with E-state index in [0.29, 0.717) is 34.5 Å². The highest BCUT2D eigenvalue weighted by Crippen LogP contribution is 2.24. The third kappa shape index (κ3) is 6.51. The number of thioether (sulfide) groups is 1. The second-order valence-corrected chi connectivity index (χ2v) is 9.02. The Morgan fingerprint density at radius 2 is 1.67 bits per heavy atom. The topological polar surface area (TPSA) is 71.8 Å². The van der Waals surface area contributed by atoms with Crippen molar-refractivity contribution in [1.82, 2.24) is 14.8 Å². The predicted molar refractivity (Wildman–Crippen MR) is 136 cm³/mol. The molecule has 0 saturated heterocycles. The number of hydrogen-bond acceptors (Lipinski definition) is 5. The number of aromatic nitrogens is 3. The summed E-state index contributed by atoms with van der Waals surface area (Å²) in [6, 6.07) is 24.5. The average Bonchev–Trinajstić information content (AvgIpc) is 3.22. The molecule has 0 bridgehead atoms. The van der Waals surface area contributed by atoms with Gasteiger partial charge in [-0.05, 0) is 54.6 Å². The highest BCUT2D eigenvalue weighted by atomic mass is 35.5. The van der Waals surface area contributed by atoms with Crippen molar-refractivity contribution in [2.75, 3.05) is 16.4 Å². The van der Waals surface area contributed by atoms with Crippen molar-refractivity contribution < 1.29 is 4.79 Å². The Bertz CT molecular complexity index is 1220. The van der Waals surface area contributed by atoms with Crippen LogP contribution in [0.1, 0.15) is 12.2 Å². The first-order valence-corrected chi connectivity index (χ1v) is 12.0. The van der Waals surface area contributed by atoms with Crippen molar-refractivity contribution >= 4 is 52.2 Å². The van der Waals surface area contributed by atoms with Crippen molar-refractivity contribution in [2.45, 2.75) is 18.1 Å². The summed E-state index contributed by atoms with van der Waals surface area (Å²) in [5.74, 6) is 1.24. The Morgan fingerprint density at radius 1 is 0.879 bits per heavy atom. The van der Waals surface area contributed by atoms with Crippen LogP contribution in [0.5, 0.6) is 0 Å². The van der Waals surface area contributed by atoms with Crippen LogP contribution in [0.4, 0.5) is 11.4 Å². The lowest BCUT2D eigenvalue weighted by atomic mass is 10.3. The molecule has 0 aliphatic rings. The molecule has 0 fully saturated rings. The Morgan fingerprint density at radius 3 is 2.42 bits per heavy atom. The SMILES string of the molecule is O=C(CCSc1nnc(CNc2ccc(Cl)cc2)n1-c1ccccc1)Nc1cccc(Cl)c1. The van der Waals surface area contributed by atoms with Crippen molar-refractivity contribution in [1.29, 1.82) is 0 Å². The third-order valence-corrected chi connectivity index (χ3v) is 6.10. The lowest BCUT2D eigenvalue weighted by molar-refractivity contribution is -0.115. The van der Waals surface area contributed by atoms with Crippen molar-refractivity contribution in [2.24, 2.45) is 0 Å². The standard InChI is InChI=1S/C24H21Cl2N5OS/c25-17-9-11-19(12-10-17)27-16-22-29-30-24(31(22)21-7-2-1-3-8-21)33-14-13-23(32)28-20-6-4-5-18(26)15-20/h1-12,15,27H,13-14,16H2,(H,28,32). The number of carbonyl (C=O) groups is 1. The minimum Gasteiger partial charge on any atom is -0.378 e. The number of anilines is 2. The van der Waals surface area contributed by atoms with Crippen LogP contribution in [0.3, 0.4) is 0 Å². The van der Waals surface area contributed by atoms with Gasteiger partial charge in [-0.25, -0.2) is 0 Å². The highest BCUT2D eigenvalue weighted by Gasteiger charge is 2.15. The van der Waals surface area contributed by atoms with Gasteiger partial charge in [0.05, 0.1) is 6.54 Å². The van der Waals surface area contributed by atoms with Crippen molar-refractivity contribution in [3.8, 4) is 5.69 Å². The molecule has 0 saturated carbocycles. The van der Waals surface area contributed by atoms with Crippen LogP contribution in [-0.4, -0.2) is 26.4 Å². The van der Waals surface area contributed by atoms with Gasteiger partial charge in [-0.3, -0.25) is 9.36 Å². The van der Waals surface area contributed by atoms with E-state index in [2.05, 4.69) is 20.8 Å². The molecule has 0 unspecified atom stereocenters. The fraction of sp³-hybridized carbons (Fsp3) is 0.125. The molecule has 1 aromatic heterocycles. The van der Waals surface area contributed by atoms with Gasteiger partial charge in [-0.2, -0.15) is 0 Å². The van der Waals surface area contributed by atoms with Crippen LogP contribution in [0.15, 0.2) is 84.0 Å². The minimum absolute atomic E-state index is 0.0832. The summed E-state index contributed by atoms with van der Waals surface area (Å²) in [5.41, 5.74) is 2.58. The summed E-state index contributed by atoms with van der Waals surface area (Å²) in [6.45, 7) is 0.485. The highest BCUT2D eigenvalue weighted by molar-refractivity contribution is 7.99. The summed E-state index contributed by atoms with van der Waals surface area (Å²) in [5, 5.41) is 17.0. The molecule has 4 rings (SSSR count). The van der Waals surface area contributed by atoms with Crippen molar-refractivity contribution in [3.05, 3.63) is 94.7 Å². The van der Waals surface area contributed by atoms with E-state index in [9.17, 15) is 4.79 Å². The van der Waals surface area contributed by atoms with Crippen LogP contribution in [0.2, 0.25) is 10.0 Å². The van der Waals surface area contributed by atoms with Crippen LogP contribution < -0.4 is 10.6 Å². The van der Waals surface area contributed by atoms with E-state index in [0.717, 1.165) is 22.4 Å². The van der Waals surface area contributed by atoms with Crippen LogP contribution in [0.25, 0.3) is 5.69 Å². The van der Waals surface area contributed by atoms with Crippen LogP contribution in [0, 0.1) is 0 Å². The van der Waals surface area contributed by atoms with Crippen LogP contribution >= 0.6 is 35.0 Å². The van der Waals surface area contributed by atoms with Gasteiger partial charge < -0.3 is 10.6 Å². The Kier molecular flexibility index (Phi) is 7.88. The number of nitrogens with one attached hydrogen (secondary N) is 2. The van der Waals surface area contributed by atoms with E-state index in [4.69, 9.17) is 23.2 Å². The zero-order valence-corrected chi connectivity index (χ0v) is 19.9. The third-order valence-electron chi connectivity index (χ3n) is 4.68. The minimum atomic E-state index is -0.0832. The maximum Gasteiger partial charge on any atom is 0.225 e. The first-order valence-electron chi connectivity index (χ1n) is 10.3. The lowest BCUT2D eigenvalue weighted by Crippen LogP contribution is -2.12. The number of benzene rings is 3. The quantitative estimate of drug-likeness (QED) is 0.265. The number of carbonyl (C=O) groups excluding carboxylic acids is 1. The van der Waals surface area contributed by atoms with E-state index in [1.807, 2.05) is 65.2 Å². The van der Waals surface area contributed by atoms with Crippen LogP contribution in [-0.2, 0) is 11.3 Å². The van der Waals surface area contributed by atoms with Gasteiger partial charge >= 0.3 is 0 Å². The molecule has 9 heteroatoms. The number of halogens is 2. The summed E-state index contributed by atoms with van der Waals surface area (Å²) in [4.78, 5) is 12.3. The lowest BCUT2D eigenvalue weighted by Gasteiger charge is -2.11. The van der Waals surface area contributed by atoms with E-state index in [-0.39, 0.29) is 5.91 Å². The van der Waals surface area contributed by atoms with Gasteiger partial charge in [-0.1, -0.05) is 59.2 Å². The summed E-state index contributed by atoms with van der Waals surface area (Å²) in [7, 11) is 0. The van der Waals surface area contributed by atoms with Gasteiger partial charge in [0.2, 0.25) is 5.91 Å². The van der Waals surface area contributed by atoms with Gasteiger partial charge in [0, 0.05) is 39.3 Å². The number of hydrogen-bond donors (Lipinski definition) is 2. The molecule has 1 heterocycles. The molecular weight excluding hydrogens is 477 g/mol. The fourth-order valence-electron chi connectivity index (χ4n) is 3.12. The average molecular weight is 498 g/mol. The molecule has 0 radical (unpaired) electrons. The van der Waals surface area contributed by atoms with E-state index in [1.54, 1.807) is 18.2 Å². The van der Waals surface area contributed by atoms with Gasteiger partial charge in [-0.15, -0.1) is 10.2 Å². The van der Waals surface area contributed by atoms with E-state index >= 15 is 0 Å². The molecule has 3 aromatic carbocycles. The molecule has 0 aliphatic carbocycles. The molecule has 0 aliphatic heterocycles. The summed E-state index contributed by atoms with van der Waals surface area (Å²) < 4.78 is 2.00. The van der Waals surface area contributed by atoms with Crippen molar-refractivity contribution in [3.63, 3.8) is 0 Å². The molecule has 2 N–H and O–H groups in total. The number of rotatable bonds is 9. The summed E-state index contributed by atoms with van der Waals surface area (Å²) >= 11 is 13.4. The maximum absolute atomic E-state index is 12.3. The van der Waals surface area contributed by atoms with Gasteiger partial charge in [0.25, 0.3) is 0 Å². The molecule has 1 amide bonds. The van der Waals surface area contributed by atoms with Gasteiger partial charge in [0.1, 0.15) is 0 Å². The molecule has 6 nitrogen and oxygen atoms in total. The number of nitrogens with zero attached hydrogens (tertiary/aromatic N) is 3. The molecule has 4 aromatic rings. The Hall–Kier alpha value is -3.00. The second-order valence-electron chi connectivity index (χ2n) is 7.09. The second kappa shape index (κ2) is 11.2. The molecular formula is C24H21Cl2N5OS. The summed E-state index contributed by atoms with van der Waals surface area (Å²) in [6.07, 6.45) is 0.331. The Labute approximate surface area is 206 Å². The number of amides is 1. The maximum atomic E-state index is 12.3. The smallest absolute Gasteiger partial charge is 0.225 e. The predicted octanol–water partition coefficient (Wildman–Crippen LogP) is 6.31. The molecule has 168 valence electrons. The first kappa shape index (κ1) is 23.2. The normalized spacial score (nSPS) is 10.7. The zero-order chi connectivity index (χ0) is 23.0. The van der Waals surface area contributed by atoms with Gasteiger partial charge in [0.15, 0.2) is 11.0 Å². The largest absolute Gasteiger partial charge is 0.378 e. The Balaban J connectivity index is 1.42. The van der Waals surface area contributed by atoms with E-state index in [1.165, 1.54) is 11.8 Å². The fourth-order valence-corrected chi connectivity index (χ4v) is 4.34. The molecule has 33 heavy (non-hydrogen) atoms. The monoisotopic (exact) mass is 497 g/mol. The van der Waals surface area contributed by atoms with E-state index < -0.39 is 0 Å². The first-order chi connectivity index (χ1) is 16.1.